The topological polar surface area (TPSA) is 24.7 Å². The zero-order valence-electron chi connectivity index (χ0n) is 16.4. The van der Waals surface area contributed by atoms with Crippen LogP contribution in [0, 0.1) is 35.0 Å². The Morgan fingerprint density at radius 1 is 0.793 bits per heavy atom. The van der Waals surface area contributed by atoms with E-state index < -0.39 is 34.8 Å². The molecule has 0 aromatic heterocycles. The Bertz CT molecular complexity index is 1050. The van der Waals surface area contributed by atoms with Gasteiger partial charge in [0.1, 0.15) is 0 Å². The molecule has 29 heavy (non-hydrogen) atoms. The standard InChI is InChI=1S/C22H19F5N2/c1-10-11(2)13(4)16(12(10)3)15-8-6-5-7-14(15)9-28-29-22-20(26)18(24)17(23)19(25)21(22)27/h5-8,12H,9H2,1-4H3. The predicted molar refractivity (Wildman–Crippen MR) is 101 cm³/mol. The molecule has 0 heterocycles. The lowest BCUT2D eigenvalue weighted by Gasteiger charge is -2.16. The Kier molecular flexibility index (Phi) is 5.68. The highest BCUT2D eigenvalue weighted by atomic mass is 19.2. The van der Waals surface area contributed by atoms with E-state index in [2.05, 4.69) is 31.0 Å². The highest BCUT2D eigenvalue weighted by Crippen LogP contribution is 2.43. The van der Waals surface area contributed by atoms with Crippen molar-refractivity contribution in [3.05, 3.63) is 81.2 Å². The zero-order valence-corrected chi connectivity index (χ0v) is 16.4. The summed E-state index contributed by atoms with van der Waals surface area (Å²) in [5, 5.41) is 7.02. The minimum absolute atomic E-state index is 0.0722. The lowest BCUT2D eigenvalue weighted by molar-refractivity contribution is 0.380. The number of benzene rings is 2. The van der Waals surface area contributed by atoms with Crippen molar-refractivity contribution in [3.8, 4) is 0 Å². The molecule has 3 rings (SSSR count). The van der Waals surface area contributed by atoms with Gasteiger partial charge in [-0.3, -0.25) is 0 Å². The van der Waals surface area contributed by atoms with Crippen molar-refractivity contribution in [1.82, 2.24) is 0 Å². The van der Waals surface area contributed by atoms with Crippen LogP contribution in [-0.2, 0) is 6.54 Å². The Balaban J connectivity index is 1.96. The van der Waals surface area contributed by atoms with Crippen LogP contribution in [0.25, 0.3) is 5.57 Å². The van der Waals surface area contributed by atoms with Crippen LogP contribution >= 0.6 is 0 Å². The number of hydrogen-bond donors (Lipinski definition) is 0. The van der Waals surface area contributed by atoms with Crippen molar-refractivity contribution < 1.29 is 22.0 Å². The van der Waals surface area contributed by atoms with Gasteiger partial charge in [-0.15, -0.1) is 5.11 Å². The van der Waals surface area contributed by atoms with Gasteiger partial charge in [0.15, 0.2) is 29.0 Å². The Hall–Kier alpha value is -2.83. The normalized spacial score (nSPS) is 17.2. The number of azo groups is 1. The first kappa shape index (κ1) is 20.9. The molecular weight excluding hydrogens is 387 g/mol. The van der Waals surface area contributed by atoms with Crippen molar-refractivity contribution in [2.24, 2.45) is 16.1 Å². The number of hydrogen-bond acceptors (Lipinski definition) is 2. The van der Waals surface area contributed by atoms with E-state index in [0.717, 1.165) is 22.3 Å². The first-order chi connectivity index (χ1) is 13.7. The molecule has 2 nitrogen and oxygen atoms in total. The summed E-state index contributed by atoms with van der Waals surface area (Å²) in [4.78, 5) is 0. The molecule has 0 fully saturated rings. The SMILES string of the molecule is CC1=C(C)C(C)C(c2ccccc2CN=Nc2c(F)c(F)c(F)c(F)c2F)=C1C. The van der Waals surface area contributed by atoms with Gasteiger partial charge in [0.25, 0.3) is 0 Å². The van der Waals surface area contributed by atoms with Gasteiger partial charge >= 0.3 is 0 Å². The van der Waals surface area contributed by atoms with Crippen LogP contribution in [-0.4, -0.2) is 0 Å². The van der Waals surface area contributed by atoms with Crippen molar-refractivity contribution in [2.45, 2.75) is 34.2 Å². The van der Waals surface area contributed by atoms with E-state index >= 15 is 0 Å². The molecule has 0 aliphatic heterocycles. The number of halogens is 5. The van der Waals surface area contributed by atoms with Crippen molar-refractivity contribution in [2.75, 3.05) is 0 Å². The summed E-state index contributed by atoms with van der Waals surface area (Å²) in [5.74, 6) is -10.1. The first-order valence-electron chi connectivity index (χ1n) is 9.02. The highest BCUT2D eigenvalue weighted by Gasteiger charge is 2.27. The predicted octanol–water partition coefficient (Wildman–Crippen LogP) is 7.43. The van der Waals surface area contributed by atoms with Crippen molar-refractivity contribution in [3.63, 3.8) is 0 Å². The van der Waals surface area contributed by atoms with Crippen LogP contribution in [0.2, 0.25) is 0 Å². The molecule has 1 aliphatic rings. The molecule has 0 spiro atoms. The van der Waals surface area contributed by atoms with E-state index in [1.165, 1.54) is 11.1 Å². The summed E-state index contributed by atoms with van der Waals surface area (Å²) in [6, 6.07) is 7.37. The van der Waals surface area contributed by atoms with Crippen LogP contribution in [0.15, 0.2) is 51.2 Å². The first-order valence-corrected chi connectivity index (χ1v) is 9.02. The van der Waals surface area contributed by atoms with Gasteiger partial charge in [-0.05, 0) is 48.6 Å². The molecular formula is C22H19F5N2. The molecule has 1 aliphatic carbocycles. The van der Waals surface area contributed by atoms with Crippen LogP contribution < -0.4 is 0 Å². The molecule has 0 saturated heterocycles. The van der Waals surface area contributed by atoms with Gasteiger partial charge in [-0.2, -0.15) is 5.11 Å². The third kappa shape index (κ3) is 3.50. The molecule has 2 aromatic rings. The fourth-order valence-corrected chi connectivity index (χ4v) is 3.58. The smallest absolute Gasteiger partial charge is 0.200 e. The van der Waals surface area contributed by atoms with E-state index in [1.807, 2.05) is 19.1 Å². The van der Waals surface area contributed by atoms with Gasteiger partial charge in [0.05, 0.1) is 6.54 Å². The summed E-state index contributed by atoms with van der Waals surface area (Å²) in [6.07, 6.45) is 0. The summed E-state index contributed by atoms with van der Waals surface area (Å²) in [7, 11) is 0. The third-order valence-electron chi connectivity index (χ3n) is 5.55. The van der Waals surface area contributed by atoms with E-state index in [0.29, 0.717) is 0 Å². The number of rotatable bonds is 4. The summed E-state index contributed by atoms with van der Waals surface area (Å²) < 4.78 is 67.3. The third-order valence-corrected chi connectivity index (χ3v) is 5.55. The molecule has 0 radical (unpaired) electrons. The van der Waals surface area contributed by atoms with Gasteiger partial charge in [0, 0.05) is 5.92 Å². The summed E-state index contributed by atoms with van der Waals surface area (Å²) in [6.45, 7) is 8.18. The second-order valence-corrected chi connectivity index (χ2v) is 7.04. The summed E-state index contributed by atoms with van der Waals surface area (Å²) >= 11 is 0. The quantitative estimate of drug-likeness (QED) is 0.218. The highest BCUT2D eigenvalue weighted by molar-refractivity contribution is 5.81. The molecule has 1 atom stereocenters. The van der Waals surface area contributed by atoms with Gasteiger partial charge in [0.2, 0.25) is 5.82 Å². The molecule has 1 unspecified atom stereocenters. The molecule has 0 saturated carbocycles. The van der Waals surface area contributed by atoms with Gasteiger partial charge < -0.3 is 0 Å². The van der Waals surface area contributed by atoms with Crippen LogP contribution in [0.5, 0.6) is 0 Å². The largest absolute Gasteiger partial charge is 0.201 e. The molecule has 152 valence electrons. The molecule has 7 heteroatoms. The van der Waals surface area contributed by atoms with Crippen molar-refractivity contribution >= 4 is 11.3 Å². The van der Waals surface area contributed by atoms with E-state index in [-0.39, 0.29) is 12.5 Å². The molecule has 0 bridgehead atoms. The minimum Gasteiger partial charge on any atom is -0.201 e. The lowest BCUT2D eigenvalue weighted by atomic mass is 9.89. The lowest BCUT2D eigenvalue weighted by Crippen LogP contribution is -2.01. The fraction of sp³-hybridized carbons (Fsp3) is 0.273. The monoisotopic (exact) mass is 406 g/mol. The van der Waals surface area contributed by atoms with Crippen LogP contribution in [0.3, 0.4) is 0 Å². The zero-order chi connectivity index (χ0) is 21.5. The minimum atomic E-state index is -2.22. The Labute approximate surface area is 165 Å². The van der Waals surface area contributed by atoms with Crippen molar-refractivity contribution in [1.29, 1.82) is 0 Å². The maximum absolute atomic E-state index is 13.8. The average molecular weight is 406 g/mol. The fourth-order valence-electron chi connectivity index (χ4n) is 3.58. The van der Waals surface area contributed by atoms with E-state index in [1.54, 1.807) is 12.1 Å². The molecule has 0 N–H and O–H groups in total. The molecule has 0 amide bonds. The second-order valence-electron chi connectivity index (χ2n) is 7.04. The maximum atomic E-state index is 13.8. The maximum Gasteiger partial charge on any atom is 0.200 e. The van der Waals surface area contributed by atoms with Gasteiger partial charge in [-0.1, -0.05) is 36.8 Å². The Morgan fingerprint density at radius 2 is 1.34 bits per heavy atom. The Morgan fingerprint density at radius 3 is 1.90 bits per heavy atom. The summed E-state index contributed by atoms with van der Waals surface area (Å²) in [5.41, 5.74) is 5.12. The van der Waals surface area contributed by atoms with Crippen LogP contribution in [0.4, 0.5) is 27.6 Å². The van der Waals surface area contributed by atoms with Crippen LogP contribution in [0.1, 0.15) is 38.8 Å². The number of nitrogens with zero attached hydrogens (tertiary/aromatic N) is 2. The van der Waals surface area contributed by atoms with Gasteiger partial charge in [-0.25, -0.2) is 22.0 Å². The second kappa shape index (κ2) is 7.89. The average Bonchev–Trinajstić information content (AvgIpc) is 2.90. The molecule has 2 aromatic carbocycles. The van der Waals surface area contributed by atoms with E-state index in [4.69, 9.17) is 0 Å². The number of allylic oxidation sites excluding steroid dienone is 4. The van der Waals surface area contributed by atoms with E-state index in [9.17, 15) is 22.0 Å².